The molecule has 3 aliphatic rings. The maximum atomic E-state index is 12.7. The van der Waals surface area contributed by atoms with Crippen molar-refractivity contribution in [3.05, 3.63) is 47.5 Å². The number of rotatable bonds is 5. The second kappa shape index (κ2) is 8.23. The van der Waals surface area contributed by atoms with Crippen molar-refractivity contribution in [1.29, 1.82) is 0 Å². The Morgan fingerprint density at radius 1 is 1.15 bits per heavy atom. The van der Waals surface area contributed by atoms with Gasteiger partial charge in [-0.1, -0.05) is 42.0 Å². The zero-order chi connectivity index (χ0) is 17.8. The van der Waals surface area contributed by atoms with Crippen molar-refractivity contribution in [3.8, 4) is 0 Å². The Bertz CT molecular complexity index is 639. The molecule has 1 amide bonds. The molecule has 3 aliphatic heterocycles. The number of benzene rings is 1. The lowest BCUT2D eigenvalue weighted by molar-refractivity contribution is -0.0466. The first-order valence-corrected chi connectivity index (χ1v) is 9.71. The fourth-order valence-corrected chi connectivity index (χ4v) is 4.26. The van der Waals surface area contributed by atoms with Gasteiger partial charge >= 0.3 is 6.09 Å². The van der Waals surface area contributed by atoms with E-state index in [9.17, 15) is 4.79 Å². The fourth-order valence-electron chi connectivity index (χ4n) is 4.26. The van der Waals surface area contributed by atoms with E-state index in [1.165, 1.54) is 12.0 Å². The topological polar surface area (TPSA) is 48.0 Å². The highest BCUT2D eigenvalue weighted by Gasteiger charge is 2.38. The molecular formula is C21H27NO4. The normalized spacial score (nSPS) is 25.8. The SMILES string of the molecule is O=C(OCc1ccccc1)N1C2C=C(CCC3OCCO3)CC1CCC2. The third kappa shape index (κ3) is 4.10. The van der Waals surface area contributed by atoms with Crippen LogP contribution in [-0.4, -0.2) is 42.6 Å². The predicted octanol–water partition coefficient (Wildman–Crippen LogP) is 4.03. The highest BCUT2D eigenvalue weighted by Crippen LogP contribution is 2.35. The Kier molecular flexibility index (Phi) is 5.56. The van der Waals surface area contributed by atoms with Gasteiger partial charge in [-0.25, -0.2) is 4.79 Å². The van der Waals surface area contributed by atoms with E-state index in [1.54, 1.807) is 0 Å². The maximum Gasteiger partial charge on any atom is 0.410 e. The second-order valence-corrected chi connectivity index (χ2v) is 7.34. The number of ether oxygens (including phenoxy) is 3. The first-order chi connectivity index (χ1) is 12.8. The Morgan fingerprint density at radius 2 is 1.96 bits per heavy atom. The number of nitrogens with zero attached hydrogens (tertiary/aromatic N) is 1. The highest BCUT2D eigenvalue weighted by atomic mass is 16.7. The Hall–Kier alpha value is -1.85. The minimum atomic E-state index is -0.179. The van der Waals surface area contributed by atoms with Gasteiger partial charge in [0.25, 0.3) is 0 Å². The third-order valence-electron chi connectivity index (χ3n) is 5.52. The molecule has 0 aromatic heterocycles. The van der Waals surface area contributed by atoms with Crippen molar-refractivity contribution >= 4 is 6.09 Å². The van der Waals surface area contributed by atoms with Gasteiger partial charge in [-0.15, -0.1) is 0 Å². The molecule has 0 spiro atoms. The van der Waals surface area contributed by atoms with Gasteiger partial charge in [0.1, 0.15) is 6.61 Å². The quantitative estimate of drug-likeness (QED) is 0.747. The number of piperidine rings is 1. The summed E-state index contributed by atoms with van der Waals surface area (Å²) in [5.41, 5.74) is 2.46. The molecule has 0 radical (unpaired) electrons. The summed E-state index contributed by atoms with van der Waals surface area (Å²) in [6.45, 7) is 1.74. The average Bonchev–Trinajstić information content (AvgIpc) is 3.18. The van der Waals surface area contributed by atoms with E-state index in [0.717, 1.165) is 37.7 Å². The summed E-state index contributed by atoms with van der Waals surface area (Å²) in [6.07, 6.45) is 8.16. The van der Waals surface area contributed by atoms with Crippen LogP contribution < -0.4 is 0 Å². The van der Waals surface area contributed by atoms with Crippen LogP contribution in [0.25, 0.3) is 0 Å². The third-order valence-corrected chi connectivity index (χ3v) is 5.52. The van der Waals surface area contributed by atoms with Crippen LogP contribution in [-0.2, 0) is 20.8 Å². The zero-order valence-corrected chi connectivity index (χ0v) is 15.1. The molecule has 2 saturated heterocycles. The summed E-state index contributed by atoms with van der Waals surface area (Å²) >= 11 is 0. The minimum absolute atomic E-state index is 0.0513. The molecule has 2 unspecified atom stereocenters. The molecule has 4 rings (SSSR count). The molecule has 3 heterocycles. The molecule has 1 aromatic carbocycles. The van der Waals surface area contributed by atoms with Crippen LogP contribution in [0.15, 0.2) is 42.0 Å². The van der Waals surface area contributed by atoms with Gasteiger partial charge in [0.15, 0.2) is 6.29 Å². The van der Waals surface area contributed by atoms with Crippen LogP contribution in [0.1, 0.15) is 44.1 Å². The summed E-state index contributed by atoms with van der Waals surface area (Å²) in [6, 6.07) is 10.3. The van der Waals surface area contributed by atoms with Crippen molar-refractivity contribution in [2.45, 2.75) is 63.5 Å². The van der Waals surface area contributed by atoms with Gasteiger partial charge in [0.2, 0.25) is 0 Å². The summed E-state index contributed by atoms with van der Waals surface area (Å²) in [5, 5.41) is 0. The average molecular weight is 357 g/mol. The molecule has 5 heteroatoms. The van der Waals surface area contributed by atoms with Crippen molar-refractivity contribution in [3.63, 3.8) is 0 Å². The second-order valence-electron chi connectivity index (χ2n) is 7.34. The lowest BCUT2D eigenvalue weighted by atomic mass is 9.84. The fraction of sp³-hybridized carbons (Fsp3) is 0.571. The number of amides is 1. The Morgan fingerprint density at radius 3 is 2.73 bits per heavy atom. The summed E-state index contributed by atoms with van der Waals surface area (Å²) < 4.78 is 16.7. The Labute approximate surface area is 154 Å². The van der Waals surface area contributed by atoms with E-state index in [0.29, 0.717) is 19.8 Å². The molecule has 0 saturated carbocycles. The van der Waals surface area contributed by atoms with E-state index in [2.05, 4.69) is 6.08 Å². The molecule has 2 fully saturated rings. The van der Waals surface area contributed by atoms with Gasteiger partial charge < -0.3 is 14.2 Å². The molecule has 5 nitrogen and oxygen atoms in total. The van der Waals surface area contributed by atoms with Crippen molar-refractivity contribution in [2.24, 2.45) is 0 Å². The highest BCUT2D eigenvalue weighted by molar-refractivity contribution is 5.69. The van der Waals surface area contributed by atoms with E-state index in [4.69, 9.17) is 14.2 Å². The van der Waals surface area contributed by atoms with Crippen molar-refractivity contribution in [2.75, 3.05) is 13.2 Å². The van der Waals surface area contributed by atoms with E-state index < -0.39 is 0 Å². The van der Waals surface area contributed by atoms with Crippen LogP contribution in [0, 0.1) is 0 Å². The van der Waals surface area contributed by atoms with E-state index in [1.807, 2.05) is 35.2 Å². The van der Waals surface area contributed by atoms with Gasteiger partial charge in [0.05, 0.1) is 19.3 Å². The monoisotopic (exact) mass is 357 g/mol. The molecule has 2 atom stereocenters. The Balaban J connectivity index is 1.35. The molecular weight excluding hydrogens is 330 g/mol. The standard InChI is InChI=1S/C21H27NO4/c23-21(26-15-16-5-2-1-3-6-16)22-18-7-4-8-19(22)14-17(13-18)9-10-20-24-11-12-25-20/h1-3,5-6,13,18-20H,4,7-12,14-15H2. The number of fused-ring (bicyclic) bond motifs is 2. The molecule has 1 aromatic rings. The van der Waals surface area contributed by atoms with Crippen LogP contribution in [0.3, 0.4) is 0 Å². The van der Waals surface area contributed by atoms with Gasteiger partial charge in [-0.2, -0.15) is 0 Å². The number of carbonyl (C=O) groups is 1. The summed E-state index contributed by atoms with van der Waals surface area (Å²) in [5.74, 6) is 0. The largest absolute Gasteiger partial charge is 0.445 e. The minimum Gasteiger partial charge on any atom is -0.445 e. The summed E-state index contributed by atoms with van der Waals surface area (Å²) in [4.78, 5) is 14.7. The van der Waals surface area contributed by atoms with Crippen molar-refractivity contribution < 1.29 is 19.0 Å². The maximum absolute atomic E-state index is 12.7. The first kappa shape index (κ1) is 17.6. The lowest BCUT2D eigenvalue weighted by Gasteiger charge is -2.44. The molecule has 0 N–H and O–H groups in total. The van der Waals surface area contributed by atoms with Gasteiger partial charge in [-0.3, -0.25) is 4.90 Å². The predicted molar refractivity (Wildman–Crippen MR) is 97.5 cm³/mol. The molecule has 26 heavy (non-hydrogen) atoms. The van der Waals surface area contributed by atoms with Crippen LogP contribution in [0.5, 0.6) is 0 Å². The van der Waals surface area contributed by atoms with Crippen LogP contribution >= 0.6 is 0 Å². The number of carbonyl (C=O) groups excluding carboxylic acids is 1. The molecule has 2 bridgehead atoms. The first-order valence-electron chi connectivity index (χ1n) is 9.71. The van der Waals surface area contributed by atoms with Crippen molar-refractivity contribution in [1.82, 2.24) is 4.90 Å². The van der Waals surface area contributed by atoms with Gasteiger partial charge in [0, 0.05) is 12.5 Å². The lowest BCUT2D eigenvalue weighted by Crippen LogP contribution is -2.51. The summed E-state index contributed by atoms with van der Waals surface area (Å²) in [7, 11) is 0. The van der Waals surface area contributed by atoms with Crippen LogP contribution in [0.4, 0.5) is 4.79 Å². The molecule has 0 aliphatic carbocycles. The van der Waals surface area contributed by atoms with E-state index in [-0.39, 0.29) is 24.5 Å². The molecule has 140 valence electrons. The van der Waals surface area contributed by atoms with E-state index >= 15 is 0 Å². The number of hydrogen-bond donors (Lipinski definition) is 0. The number of hydrogen-bond acceptors (Lipinski definition) is 4. The zero-order valence-electron chi connectivity index (χ0n) is 15.1. The van der Waals surface area contributed by atoms with Gasteiger partial charge in [-0.05, 0) is 37.7 Å². The van der Waals surface area contributed by atoms with Crippen LogP contribution in [0.2, 0.25) is 0 Å². The smallest absolute Gasteiger partial charge is 0.410 e.